The molecule has 2 aromatic carbocycles. The smallest absolute Gasteiger partial charge is 0.0403 e. The second-order valence-corrected chi connectivity index (χ2v) is 6.56. The highest BCUT2D eigenvalue weighted by Crippen LogP contribution is 2.25. The maximum Gasteiger partial charge on any atom is 0.0403 e. The van der Waals surface area contributed by atoms with E-state index in [0.717, 1.165) is 11.0 Å². The summed E-state index contributed by atoms with van der Waals surface area (Å²) in [6, 6.07) is 12.9. The first-order chi connectivity index (χ1) is 8.56. The number of anilines is 1. The van der Waals surface area contributed by atoms with E-state index in [1.165, 1.54) is 25.9 Å². The molecule has 0 unspecified atom stereocenters. The van der Waals surface area contributed by atoms with Crippen molar-refractivity contribution in [3.63, 3.8) is 0 Å². The third kappa shape index (κ3) is 3.48. The summed E-state index contributed by atoms with van der Waals surface area (Å²) in [6.45, 7) is 5.13. The van der Waals surface area contributed by atoms with Crippen molar-refractivity contribution >= 4 is 44.2 Å². The molecule has 1 N–H and O–H groups in total. The van der Waals surface area contributed by atoms with E-state index in [4.69, 9.17) is 0 Å². The molecule has 0 fully saturated rings. The summed E-state index contributed by atoms with van der Waals surface area (Å²) in [6.07, 6.45) is 0. The zero-order valence-electron chi connectivity index (χ0n) is 10.4. The van der Waals surface area contributed by atoms with Crippen LogP contribution in [0.1, 0.15) is 16.7 Å². The summed E-state index contributed by atoms with van der Waals surface area (Å²) in [4.78, 5) is 0. The molecular formula is C15H15BrIN. The molecule has 2 aromatic rings. The average Bonchev–Trinajstić information content (AvgIpc) is 2.30. The van der Waals surface area contributed by atoms with Crippen molar-refractivity contribution in [3.05, 3.63) is 61.1 Å². The van der Waals surface area contributed by atoms with Gasteiger partial charge < -0.3 is 5.32 Å². The molecule has 0 aromatic heterocycles. The largest absolute Gasteiger partial charge is 0.381 e. The van der Waals surface area contributed by atoms with Crippen LogP contribution in [0.15, 0.2) is 40.9 Å². The second-order valence-electron chi connectivity index (χ2n) is 4.39. The molecule has 0 atom stereocenters. The van der Waals surface area contributed by atoms with Gasteiger partial charge in [-0.3, -0.25) is 0 Å². The number of benzene rings is 2. The molecule has 0 amide bonds. The van der Waals surface area contributed by atoms with Crippen molar-refractivity contribution in [2.75, 3.05) is 5.32 Å². The molecule has 0 aliphatic rings. The Bertz CT molecular complexity index is 526. The molecule has 0 spiro atoms. The van der Waals surface area contributed by atoms with Crippen molar-refractivity contribution < 1.29 is 0 Å². The highest BCUT2D eigenvalue weighted by molar-refractivity contribution is 14.1. The Labute approximate surface area is 130 Å². The van der Waals surface area contributed by atoms with Gasteiger partial charge in [0.15, 0.2) is 0 Å². The monoisotopic (exact) mass is 415 g/mol. The van der Waals surface area contributed by atoms with Crippen LogP contribution in [0.5, 0.6) is 0 Å². The molecular weight excluding hydrogens is 401 g/mol. The van der Waals surface area contributed by atoms with Crippen molar-refractivity contribution in [1.29, 1.82) is 0 Å². The molecule has 0 radical (unpaired) electrons. The van der Waals surface area contributed by atoms with Crippen LogP contribution in [0.2, 0.25) is 0 Å². The average molecular weight is 416 g/mol. The lowest BCUT2D eigenvalue weighted by Gasteiger charge is -2.13. The van der Waals surface area contributed by atoms with Gasteiger partial charge in [0.25, 0.3) is 0 Å². The molecule has 1 nitrogen and oxygen atoms in total. The summed E-state index contributed by atoms with van der Waals surface area (Å²) >= 11 is 5.85. The van der Waals surface area contributed by atoms with Crippen LogP contribution in [0.3, 0.4) is 0 Å². The molecule has 0 bridgehead atoms. The SMILES string of the molecule is Cc1cc(Br)cc(C)c1NCc1ccc(I)cc1. The quantitative estimate of drug-likeness (QED) is 0.672. The Kier molecular flexibility index (Phi) is 4.67. The third-order valence-corrected chi connectivity index (χ3v) is 4.06. The number of aryl methyl sites for hydroxylation is 2. The van der Waals surface area contributed by atoms with E-state index in [1.807, 2.05) is 0 Å². The first kappa shape index (κ1) is 13.9. The van der Waals surface area contributed by atoms with E-state index in [-0.39, 0.29) is 0 Å². The fourth-order valence-corrected chi connectivity index (χ4v) is 3.03. The lowest BCUT2D eigenvalue weighted by atomic mass is 10.1. The predicted octanol–water partition coefficient (Wildman–Crippen LogP) is 5.28. The minimum absolute atomic E-state index is 0.861. The van der Waals surface area contributed by atoms with Gasteiger partial charge in [0.05, 0.1) is 0 Å². The fourth-order valence-electron chi connectivity index (χ4n) is 1.98. The topological polar surface area (TPSA) is 12.0 Å². The van der Waals surface area contributed by atoms with Crippen molar-refractivity contribution in [2.24, 2.45) is 0 Å². The maximum absolute atomic E-state index is 3.52. The van der Waals surface area contributed by atoms with Gasteiger partial charge in [-0.1, -0.05) is 28.1 Å². The van der Waals surface area contributed by atoms with Crippen LogP contribution in [0, 0.1) is 17.4 Å². The summed E-state index contributed by atoms with van der Waals surface area (Å²) in [5, 5.41) is 3.52. The van der Waals surface area contributed by atoms with Crippen LogP contribution < -0.4 is 5.32 Å². The molecule has 94 valence electrons. The van der Waals surface area contributed by atoms with Gasteiger partial charge >= 0.3 is 0 Å². The Hall–Kier alpha value is -0.550. The molecule has 0 saturated heterocycles. The Morgan fingerprint density at radius 3 is 2.17 bits per heavy atom. The molecule has 0 heterocycles. The van der Waals surface area contributed by atoms with E-state index in [2.05, 4.69) is 94.1 Å². The van der Waals surface area contributed by atoms with E-state index in [1.54, 1.807) is 0 Å². The minimum Gasteiger partial charge on any atom is -0.381 e. The Morgan fingerprint density at radius 1 is 1.06 bits per heavy atom. The molecule has 0 aliphatic heterocycles. The van der Waals surface area contributed by atoms with Crippen LogP contribution in [0.4, 0.5) is 5.69 Å². The zero-order chi connectivity index (χ0) is 13.1. The van der Waals surface area contributed by atoms with Gasteiger partial charge in [-0.25, -0.2) is 0 Å². The lowest BCUT2D eigenvalue weighted by molar-refractivity contribution is 1.13. The van der Waals surface area contributed by atoms with Gasteiger partial charge in [-0.05, 0) is 77.4 Å². The normalized spacial score (nSPS) is 10.4. The first-order valence-corrected chi connectivity index (χ1v) is 7.68. The molecule has 0 aliphatic carbocycles. The maximum atomic E-state index is 3.52. The fraction of sp³-hybridized carbons (Fsp3) is 0.200. The van der Waals surface area contributed by atoms with Crippen molar-refractivity contribution in [1.82, 2.24) is 0 Å². The Balaban J connectivity index is 2.13. The highest BCUT2D eigenvalue weighted by Gasteiger charge is 2.03. The summed E-state index contributed by atoms with van der Waals surface area (Å²) < 4.78 is 2.41. The predicted molar refractivity (Wildman–Crippen MR) is 90.1 cm³/mol. The van der Waals surface area contributed by atoms with Crippen LogP contribution >= 0.6 is 38.5 Å². The molecule has 18 heavy (non-hydrogen) atoms. The highest BCUT2D eigenvalue weighted by atomic mass is 127. The van der Waals surface area contributed by atoms with Gasteiger partial charge in [-0.15, -0.1) is 0 Å². The summed E-state index contributed by atoms with van der Waals surface area (Å²) in [5.41, 5.74) is 5.08. The van der Waals surface area contributed by atoms with E-state index >= 15 is 0 Å². The van der Waals surface area contributed by atoms with Crippen LogP contribution in [-0.2, 0) is 6.54 Å². The van der Waals surface area contributed by atoms with Crippen molar-refractivity contribution in [2.45, 2.75) is 20.4 Å². The number of hydrogen-bond acceptors (Lipinski definition) is 1. The Morgan fingerprint density at radius 2 is 1.61 bits per heavy atom. The number of nitrogens with one attached hydrogen (secondary N) is 1. The summed E-state index contributed by atoms with van der Waals surface area (Å²) in [5.74, 6) is 0. The number of hydrogen-bond donors (Lipinski definition) is 1. The molecule has 2 rings (SSSR count). The third-order valence-electron chi connectivity index (χ3n) is 2.88. The zero-order valence-corrected chi connectivity index (χ0v) is 14.2. The number of halogens is 2. The van der Waals surface area contributed by atoms with Crippen LogP contribution in [0.25, 0.3) is 0 Å². The molecule has 3 heteroatoms. The van der Waals surface area contributed by atoms with Gasteiger partial charge in [0.1, 0.15) is 0 Å². The second kappa shape index (κ2) is 6.06. The van der Waals surface area contributed by atoms with Crippen LogP contribution in [-0.4, -0.2) is 0 Å². The standard InChI is InChI=1S/C15H15BrIN/c1-10-7-13(16)8-11(2)15(10)18-9-12-3-5-14(17)6-4-12/h3-8,18H,9H2,1-2H3. The van der Waals surface area contributed by atoms with Gasteiger partial charge in [0.2, 0.25) is 0 Å². The number of rotatable bonds is 3. The van der Waals surface area contributed by atoms with E-state index < -0.39 is 0 Å². The van der Waals surface area contributed by atoms with Crippen molar-refractivity contribution in [3.8, 4) is 0 Å². The first-order valence-electron chi connectivity index (χ1n) is 5.81. The lowest BCUT2D eigenvalue weighted by Crippen LogP contribution is -2.03. The van der Waals surface area contributed by atoms with E-state index in [0.29, 0.717) is 0 Å². The van der Waals surface area contributed by atoms with Gasteiger partial charge in [0, 0.05) is 20.3 Å². The summed E-state index contributed by atoms with van der Waals surface area (Å²) in [7, 11) is 0. The van der Waals surface area contributed by atoms with Gasteiger partial charge in [-0.2, -0.15) is 0 Å². The minimum atomic E-state index is 0.861. The van der Waals surface area contributed by atoms with E-state index in [9.17, 15) is 0 Å². The molecule has 0 saturated carbocycles.